The molecule has 2 aromatic carbocycles. The summed E-state index contributed by atoms with van der Waals surface area (Å²) >= 11 is 0. The molecule has 0 aliphatic heterocycles. The van der Waals surface area contributed by atoms with Gasteiger partial charge in [-0.2, -0.15) is 0 Å². The number of methoxy groups -OCH3 is 1. The highest BCUT2D eigenvalue weighted by atomic mass is 16.5. The van der Waals surface area contributed by atoms with Gasteiger partial charge in [0.05, 0.1) is 7.11 Å². The summed E-state index contributed by atoms with van der Waals surface area (Å²) in [5.74, 6) is 0.869. The number of carbonyl (C=O) groups is 1. The topological polar surface area (TPSA) is 29.5 Å². The van der Waals surface area contributed by atoms with Crippen LogP contribution < -0.4 is 9.64 Å². The first-order valence-corrected chi connectivity index (χ1v) is 6.56. The zero-order chi connectivity index (χ0) is 14.5. The number of para-hydroxylation sites is 1. The van der Waals surface area contributed by atoms with Gasteiger partial charge >= 0.3 is 0 Å². The number of ether oxygens (including phenoxy) is 1. The Morgan fingerprint density at radius 3 is 2.45 bits per heavy atom. The maximum atomic E-state index is 11.5. The predicted molar refractivity (Wildman–Crippen MR) is 81.5 cm³/mol. The first-order chi connectivity index (χ1) is 9.61. The highest BCUT2D eigenvalue weighted by Crippen LogP contribution is 2.23. The van der Waals surface area contributed by atoms with Crippen molar-refractivity contribution in [1.82, 2.24) is 0 Å². The van der Waals surface area contributed by atoms with E-state index in [-0.39, 0.29) is 5.78 Å². The molecule has 0 saturated carbocycles. The number of Topliss-reactive ketones (excluding diaryl/α,β-unsaturated/α-hetero) is 1. The van der Waals surface area contributed by atoms with Gasteiger partial charge in [-0.25, -0.2) is 0 Å². The number of ketones is 1. The Hall–Kier alpha value is -2.29. The van der Waals surface area contributed by atoms with E-state index in [1.807, 2.05) is 37.4 Å². The second-order valence-corrected chi connectivity index (χ2v) is 4.77. The third kappa shape index (κ3) is 3.18. The van der Waals surface area contributed by atoms with E-state index in [1.165, 1.54) is 0 Å². The van der Waals surface area contributed by atoms with E-state index in [0.717, 1.165) is 17.0 Å². The smallest absolute Gasteiger partial charge is 0.159 e. The largest absolute Gasteiger partial charge is 0.496 e. The average Bonchev–Trinajstić information content (AvgIpc) is 2.48. The number of anilines is 1. The van der Waals surface area contributed by atoms with Gasteiger partial charge in [0.15, 0.2) is 5.78 Å². The van der Waals surface area contributed by atoms with Crippen LogP contribution in [0.15, 0.2) is 48.5 Å². The van der Waals surface area contributed by atoms with Crippen molar-refractivity contribution in [3.05, 3.63) is 59.7 Å². The molecule has 0 saturated heterocycles. The lowest BCUT2D eigenvalue weighted by Crippen LogP contribution is -2.17. The van der Waals surface area contributed by atoms with Crippen molar-refractivity contribution in [3.8, 4) is 5.75 Å². The summed E-state index contributed by atoms with van der Waals surface area (Å²) in [4.78, 5) is 13.6. The molecule has 0 fully saturated rings. The Morgan fingerprint density at radius 1 is 1.15 bits per heavy atom. The fourth-order valence-electron chi connectivity index (χ4n) is 2.15. The van der Waals surface area contributed by atoms with Crippen molar-refractivity contribution in [2.24, 2.45) is 0 Å². The standard InChI is InChI=1S/C17H19NO2/c1-13(19)14-9-10-17(20-3)15(11-14)12-18(2)16-7-5-4-6-8-16/h4-11H,12H2,1-3H3. The van der Waals surface area contributed by atoms with Crippen molar-refractivity contribution < 1.29 is 9.53 Å². The van der Waals surface area contributed by atoms with Gasteiger partial charge in [0.1, 0.15) is 5.75 Å². The highest BCUT2D eigenvalue weighted by Gasteiger charge is 2.10. The molecular weight excluding hydrogens is 250 g/mol. The number of hydrogen-bond acceptors (Lipinski definition) is 3. The Bertz CT molecular complexity index is 593. The molecule has 104 valence electrons. The van der Waals surface area contributed by atoms with Crippen molar-refractivity contribution in [2.45, 2.75) is 13.5 Å². The van der Waals surface area contributed by atoms with Gasteiger partial charge in [-0.15, -0.1) is 0 Å². The van der Waals surface area contributed by atoms with E-state index in [2.05, 4.69) is 17.0 Å². The summed E-state index contributed by atoms with van der Waals surface area (Å²) in [7, 11) is 3.67. The summed E-state index contributed by atoms with van der Waals surface area (Å²) < 4.78 is 5.38. The quantitative estimate of drug-likeness (QED) is 0.778. The van der Waals surface area contributed by atoms with Crippen molar-refractivity contribution >= 4 is 11.5 Å². The van der Waals surface area contributed by atoms with Crippen LogP contribution in [0.3, 0.4) is 0 Å². The van der Waals surface area contributed by atoms with Crippen molar-refractivity contribution in [2.75, 3.05) is 19.1 Å². The van der Waals surface area contributed by atoms with Gasteiger partial charge in [0, 0.05) is 30.4 Å². The second-order valence-electron chi connectivity index (χ2n) is 4.77. The summed E-state index contributed by atoms with van der Waals surface area (Å²) in [6.07, 6.45) is 0. The molecule has 0 radical (unpaired) electrons. The number of rotatable bonds is 5. The molecule has 20 heavy (non-hydrogen) atoms. The van der Waals surface area contributed by atoms with Gasteiger partial charge in [-0.05, 0) is 37.3 Å². The third-order valence-corrected chi connectivity index (χ3v) is 3.29. The van der Waals surface area contributed by atoms with Crippen LogP contribution in [0.4, 0.5) is 5.69 Å². The zero-order valence-electron chi connectivity index (χ0n) is 12.1. The molecule has 0 atom stereocenters. The highest BCUT2D eigenvalue weighted by molar-refractivity contribution is 5.94. The average molecular weight is 269 g/mol. The SMILES string of the molecule is COc1ccc(C(C)=O)cc1CN(C)c1ccccc1. The van der Waals surface area contributed by atoms with Crippen LogP contribution in [0.1, 0.15) is 22.8 Å². The summed E-state index contributed by atoms with van der Waals surface area (Å²) in [6, 6.07) is 15.7. The third-order valence-electron chi connectivity index (χ3n) is 3.29. The molecule has 2 rings (SSSR count). The van der Waals surface area contributed by atoms with Gasteiger partial charge in [0.25, 0.3) is 0 Å². The number of carbonyl (C=O) groups excluding carboxylic acids is 1. The Morgan fingerprint density at radius 2 is 1.85 bits per heavy atom. The Kier molecular flexibility index (Phi) is 4.41. The first-order valence-electron chi connectivity index (χ1n) is 6.56. The van der Waals surface area contributed by atoms with E-state index in [9.17, 15) is 4.79 Å². The Labute approximate surface area is 119 Å². The first kappa shape index (κ1) is 14.1. The molecule has 3 nitrogen and oxygen atoms in total. The van der Waals surface area contributed by atoms with Crippen LogP contribution in [0, 0.1) is 0 Å². The lowest BCUT2D eigenvalue weighted by Gasteiger charge is -2.21. The minimum Gasteiger partial charge on any atom is -0.496 e. The maximum Gasteiger partial charge on any atom is 0.159 e. The molecule has 0 aliphatic carbocycles. The molecule has 2 aromatic rings. The van der Waals surface area contributed by atoms with Crippen LogP contribution in [0.2, 0.25) is 0 Å². The van der Waals surface area contributed by atoms with Gasteiger partial charge in [-0.3, -0.25) is 4.79 Å². The number of benzene rings is 2. The number of hydrogen-bond donors (Lipinski definition) is 0. The fourth-order valence-corrected chi connectivity index (χ4v) is 2.15. The maximum absolute atomic E-state index is 11.5. The molecule has 0 heterocycles. The molecule has 0 N–H and O–H groups in total. The normalized spacial score (nSPS) is 10.2. The lowest BCUT2D eigenvalue weighted by atomic mass is 10.1. The van der Waals surface area contributed by atoms with Gasteiger partial charge in [-0.1, -0.05) is 18.2 Å². The van der Waals surface area contributed by atoms with Gasteiger partial charge in [0.2, 0.25) is 0 Å². The summed E-state index contributed by atoms with van der Waals surface area (Å²) in [5.41, 5.74) is 2.84. The van der Waals surface area contributed by atoms with Crippen LogP contribution in [0.5, 0.6) is 5.75 Å². The molecule has 0 spiro atoms. The van der Waals surface area contributed by atoms with Crippen LogP contribution in [0.25, 0.3) is 0 Å². The molecule has 0 amide bonds. The van der Waals surface area contributed by atoms with E-state index >= 15 is 0 Å². The zero-order valence-corrected chi connectivity index (χ0v) is 12.1. The van der Waals surface area contributed by atoms with E-state index in [0.29, 0.717) is 12.1 Å². The molecule has 3 heteroatoms. The molecule has 0 aromatic heterocycles. The summed E-state index contributed by atoms with van der Waals surface area (Å²) in [5, 5.41) is 0. The number of nitrogens with zero attached hydrogens (tertiary/aromatic N) is 1. The van der Waals surface area contributed by atoms with E-state index in [1.54, 1.807) is 20.1 Å². The summed E-state index contributed by atoms with van der Waals surface area (Å²) in [6.45, 7) is 2.26. The van der Waals surface area contributed by atoms with Gasteiger partial charge < -0.3 is 9.64 Å². The van der Waals surface area contributed by atoms with Crippen LogP contribution in [-0.4, -0.2) is 19.9 Å². The minimum absolute atomic E-state index is 0.0660. The second kappa shape index (κ2) is 6.24. The molecule has 0 bridgehead atoms. The fraction of sp³-hybridized carbons (Fsp3) is 0.235. The van der Waals surface area contributed by atoms with E-state index < -0.39 is 0 Å². The molecule has 0 unspecified atom stereocenters. The van der Waals surface area contributed by atoms with Crippen molar-refractivity contribution in [3.63, 3.8) is 0 Å². The monoisotopic (exact) mass is 269 g/mol. The predicted octanol–water partition coefficient (Wildman–Crippen LogP) is 3.53. The molecular formula is C17H19NO2. The Balaban J connectivity index is 2.27. The minimum atomic E-state index is 0.0660. The van der Waals surface area contributed by atoms with Crippen molar-refractivity contribution in [1.29, 1.82) is 0 Å². The van der Waals surface area contributed by atoms with Crippen LogP contribution >= 0.6 is 0 Å². The van der Waals surface area contributed by atoms with E-state index in [4.69, 9.17) is 4.74 Å². The van der Waals surface area contributed by atoms with Crippen LogP contribution in [-0.2, 0) is 6.54 Å². The molecule has 0 aliphatic rings. The lowest BCUT2D eigenvalue weighted by molar-refractivity contribution is 0.101.